The minimum absolute atomic E-state index is 0.279. The van der Waals surface area contributed by atoms with E-state index in [0.717, 1.165) is 19.6 Å². The van der Waals surface area contributed by atoms with Crippen molar-refractivity contribution in [1.82, 2.24) is 15.0 Å². The van der Waals surface area contributed by atoms with Gasteiger partial charge < -0.3 is 16.0 Å². The Kier molecular flexibility index (Phi) is 4.62. The Morgan fingerprint density at radius 2 is 1.80 bits per heavy atom. The lowest BCUT2D eigenvalue weighted by molar-refractivity contribution is 0.361. The van der Waals surface area contributed by atoms with E-state index in [4.69, 9.17) is 5.73 Å². The average Bonchev–Trinajstić information content (AvgIpc) is 2.85. The molecule has 0 unspecified atom stereocenters. The van der Waals surface area contributed by atoms with Gasteiger partial charge in [-0.25, -0.2) is 0 Å². The Labute approximate surface area is 121 Å². The van der Waals surface area contributed by atoms with Gasteiger partial charge in [0.05, 0.1) is 0 Å². The number of rotatable bonds is 6. The molecule has 0 aliphatic heterocycles. The first kappa shape index (κ1) is 14.8. The van der Waals surface area contributed by atoms with Crippen LogP contribution in [0.4, 0.5) is 17.8 Å². The highest BCUT2D eigenvalue weighted by atomic mass is 15.3. The first-order chi connectivity index (χ1) is 9.56. The summed E-state index contributed by atoms with van der Waals surface area (Å²) in [7, 11) is 0. The second-order valence-electron chi connectivity index (χ2n) is 5.86. The maximum absolute atomic E-state index is 5.79. The first-order valence-corrected chi connectivity index (χ1v) is 7.56. The van der Waals surface area contributed by atoms with Gasteiger partial charge in [0.25, 0.3) is 0 Å². The Morgan fingerprint density at radius 3 is 2.40 bits per heavy atom. The summed E-state index contributed by atoms with van der Waals surface area (Å²) < 4.78 is 0. The molecular weight excluding hydrogens is 252 g/mol. The third kappa shape index (κ3) is 3.49. The smallest absolute Gasteiger partial charge is 0.231 e. The van der Waals surface area contributed by atoms with Gasteiger partial charge in [-0.3, -0.25) is 0 Å². The molecule has 6 heteroatoms. The van der Waals surface area contributed by atoms with E-state index >= 15 is 0 Å². The summed E-state index contributed by atoms with van der Waals surface area (Å²) in [6, 6.07) is 0. The number of nitrogen functional groups attached to an aromatic ring is 1. The molecule has 0 radical (unpaired) electrons. The maximum Gasteiger partial charge on any atom is 0.231 e. The quantitative estimate of drug-likeness (QED) is 0.831. The van der Waals surface area contributed by atoms with Crippen molar-refractivity contribution < 1.29 is 0 Å². The SMILES string of the molecule is CCN(CC)c1nc(N)nc(NCC2(C)CCCC2)n1. The third-order valence-corrected chi connectivity index (χ3v) is 4.17. The molecule has 2 rings (SSSR count). The van der Waals surface area contributed by atoms with E-state index in [2.05, 4.69) is 45.9 Å². The van der Waals surface area contributed by atoms with Crippen molar-refractivity contribution in [2.45, 2.75) is 46.5 Å². The Hall–Kier alpha value is -1.59. The number of nitrogens with zero attached hydrogens (tertiary/aromatic N) is 4. The fourth-order valence-corrected chi connectivity index (χ4v) is 2.81. The van der Waals surface area contributed by atoms with Crippen LogP contribution >= 0.6 is 0 Å². The van der Waals surface area contributed by atoms with Crippen LogP contribution in [0.15, 0.2) is 0 Å². The summed E-state index contributed by atoms with van der Waals surface area (Å²) in [6.07, 6.45) is 5.18. The molecule has 1 heterocycles. The molecule has 1 saturated carbocycles. The van der Waals surface area contributed by atoms with Gasteiger partial charge in [-0.15, -0.1) is 0 Å². The standard InChI is InChI=1S/C14H26N6/c1-4-20(5-2)13-18-11(15)17-12(19-13)16-10-14(3)8-6-7-9-14/h4-10H2,1-3H3,(H3,15,16,17,18,19). The van der Waals surface area contributed by atoms with Gasteiger partial charge in [0.2, 0.25) is 17.8 Å². The summed E-state index contributed by atoms with van der Waals surface area (Å²) in [5.74, 6) is 1.52. The van der Waals surface area contributed by atoms with E-state index in [1.807, 2.05) is 0 Å². The molecule has 3 N–H and O–H groups in total. The molecule has 0 spiro atoms. The van der Waals surface area contributed by atoms with Gasteiger partial charge in [0.1, 0.15) is 0 Å². The lowest BCUT2D eigenvalue weighted by atomic mass is 9.89. The summed E-state index contributed by atoms with van der Waals surface area (Å²) in [5, 5.41) is 3.34. The summed E-state index contributed by atoms with van der Waals surface area (Å²) in [5.41, 5.74) is 6.15. The van der Waals surface area contributed by atoms with Crippen molar-refractivity contribution in [2.24, 2.45) is 5.41 Å². The van der Waals surface area contributed by atoms with Crippen LogP contribution in [0.2, 0.25) is 0 Å². The van der Waals surface area contributed by atoms with E-state index in [9.17, 15) is 0 Å². The van der Waals surface area contributed by atoms with Crippen LogP contribution in [0, 0.1) is 5.41 Å². The van der Waals surface area contributed by atoms with Crippen LogP contribution in [0.5, 0.6) is 0 Å². The number of anilines is 3. The Balaban J connectivity index is 2.07. The topological polar surface area (TPSA) is 80.0 Å². The molecule has 0 saturated heterocycles. The molecule has 6 nitrogen and oxygen atoms in total. The van der Waals surface area contributed by atoms with Gasteiger partial charge in [0, 0.05) is 19.6 Å². The van der Waals surface area contributed by atoms with Crippen molar-refractivity contribution in [2.75, 3.05) is 35.6 Å². The highest BCUT2D eigenvalue weighted by molar-refractivity contribution is 5.41. The van der Waals surface area contributed by atoms with Gasteiger partial charge in [-0.1, -0.05) is 19.8 Å². The van der Waals surface area contributed by atoms with Gasteiger partial charge >= 0.3 is 0 Å². The van der Waals surface area contributed by atoms with Crippen molar-refractivity contribution in [3.05, 3.63) is 0 Å². The van der Waals surface area contributed by atoms with E-state index in [0.29, 0.717) is 17.3 Å². The molecule has 0 atom stereocenters. The number of hydrogen-bond acceptors (Lipinski definition) is 6. The molecule has 0 aromatic carbocycles. The summed E-state index contributed by atoms with van der Waals surface area (Å²) in [4.78, 5) is 15.0. The fourth-order valence-electron chi connectivity index (χ4n) is 2.81. The predicted octanol–water partition coefficient (Wildman–Crippen LogP) is 2.29. The monoisotopic (exact) mass is 278 g/mol. The second-order valence-corrected chi connectivity index (χ2v) is 5.86. The summed E-state index contributed by atoms with van der Waals surface area (Å²) >= 11 is 0. The minimum atomic E-state index is 0.279. The Bertz CT molecular complexity index is 437. The lowest BCUT2D eigenvalue weighted by Gasteiger charge is -2.24. The van der Waals surface area contributed by atoms with E-state index < -0.39 is 0 Å². The number of nitrogens with one attached hydrogen (secondary N) is 1. The van der Waals surface area contributed by atoms with Crippen LogP contribution in [0.1, 0.15) is 46.5 Å². The molecular formula is C14H26N6. The van der Waals surface area contributed by atoms with Crippen molar-refractivity contribution in [3.8, 4) is 0 Å². The minimum Gasteiger partial charge on any atom is -0.368 e. The zero-order valence-corrected chi connectivity index (χ0v) is 12.8. The maximum atomic E-state index is 5.79. The number of nitrogens with two attached hydrogens (primary N) is 1. The molecule has 1 aliphatic rings. The number of hydrogen-bond donors (Lipinski definition) is 2. The van der Waals surface area contributed by atoms with Crippen molar-refractivity contribution in [1.29, 1.82) is 0 Å². The molecule has 0 amide bonds. The lowest BCUT2D eigenvalue weighted by Crippen LogP contribution is -2.27. The average molecular weight is 278 g/mol. The molecule has 112 valence electrons. The van der Waals surface area contributed by atoms with Gasteiger partial charge in [0.15, 0.2) is 0 Å². The zero-order valence-electron chi connectivity index (χ0n) is 12.8. The van der Waals surface area contributed by atoms with Gasteiger partial charge in [-0.05, 0) is 32.1 Å². The van der Waals surface area contributed by atoms with E-state index in [-0.39, 0.29) is 5.95 Å². The van der Waals surface area contributed by atoms with Gasteiger partial charge in [-0.2, -0.15) is 15.0 Å². The van der Waals surface area contributed by atoms with Crippen LogP contribution < -0.4 is 16.0 Å². The molecule has 1 fully saturated rings. The normalized spacial score (nSPS) is 17.1. The van der Waals surface area contributed by atoms with Crippen LogP contribution in [-0.4, -0.2) is 34.6 Å². The Morgan fingerprint density at radius 1 is 1.15 bits per heavy atom. The molecule has 1 aromatic rings. The number of aromatic nitrogens is 3. The first-order valence-electron chi connectivity index (χ1n) is 7.56. The van der Waals surface area contributed by atoms with Crippen LogP contribution in [0.25, 0.3) is 0 Å². The van der Waals surface area contributed by atoms with Crippen molar-refractivity contribution >= 4 is 17.8 Å². The molecule has 0 bridgehead atoms. The van der Waals surface area contributed by atoms with Crippen LogP contribution in [0.3, 0.4) is 0 Å². The molecule has 20 heavy (non-hydrogen) atoms. The predicted molar refractivity (Wildman–Crippen MR) is 82.9 cm³/mol. The van der Waals surface area contributed by atoms with Crippen molar-refractivity contribution in [3.63, 3.8) is 0 Å². The molecule has 1 aromatic heterocycles. The largest absolute Gasteiger partial charge is 0.368 e. The highest BCUT2D eigenvalue weighted by Gasteiger charge is 2.28. The fraction of sp³-hybridized carbons (Fsp3) is 0.786. The summed E-state index contributed by atoms with van der Waals surface area (Å²) in [6.45, 7) is 9.09. The zero-order chi connectivity index (χ0) is 14.6. The van der Waals surface area contributed by atoms with Crippen LogP contribution in [-0.2, 0) is 0 Å². The highest BCUT2D eigenvalue weighted by Crippen LogP contribution is 2.37. The second kappa shape index (κ2) is 6.24. The third-order valence-electron chi connectivity index (χ3n) is 4.17. The van der Waals surface area contributed by atoms with E-state index in [1.165, 1.54) is 25.7 Å². The van der Waals surface area contributed by atoms with E-state index in [1.54, 1.807) is 0 Å². The molecule has 1 aliphatic carbocycles.